The van der Waals surface area contributed by atoms with Crippen LogP contribution >= 0.6 is 0 Å². The van der Waals surface area contributed by atoms with E-state index >= 15 is 0 Å². The quantitative estimate of drug-likeness (QED) is 0.570. The molecule has 0 unspecified atom stereocenters. The van der Waals surface area contributed by atoms with Crippen molar-refractivity contribution in [3.05, 3.63) is 0 Å². The molecule has 3 heteroatoms. The van der Waals surface area contributed by atoms with Crippen molar-refractivity contribution in [3.63, 3.8) is 0 Å². The maximum Gasteiger partial charge on any atom is 0.191 e. The summed E-state index contributed by atoms with van der Waals surface area (Å²) in [6, 6.07) is 0.671. The van der Waals surface area contributed by atoms with Gasteiger partial charge < -0.3 is 10.6 Å². The molecule has 0 radical (unpaired) electrons. The standard InChI is InChI=1S/C12H23N3/c1-12(7-3-4-8-12)9-14-11(13)15(2)10-5-6-10/h10H,3-9H2,1-2H3,(H2,13,14). The Morgan fingerprint density at radius 3 is 2.53 bits per heavy atom. The van der Waals surface area contributed by atoms with Gasteiger partial charge in [0.2, 0.25) is 0 Å². The second-order valence-electron chi connectivity index (χ2n) is 5.53. The minimum atomic E-state index is 0.426. The Morgan fingerprint density at radius 1 is 1.40 bits per heavy atom. The van der Waals surface area contributed by atoms with E-state index in [1.165, 1.54) is 38.5 Å². The minimum Gasteiger partial charge on any atom is -0.370 e. The first-order valence-corrected chi connectivity index (χ1v) is 6.13. The van der Waals surface area contributed by atoms with E-state index in [4.69, 9.17) is 5.73 Å². The lowest BCUT2D eigenvalue weighted by Crippen LogP contribution is -2.36. The zero-order valence-electron chi connectivity index (χ0n) is 10.00. The topological polar surface area (TPSA) is 41.6 Å². The average molecular weight is 209 g/mol. The van der Waals surface area contributed by atoms with E-state index in [-0.39, 0.29) is 0 Å². The summed E-state index contributed by atoms with van der Waals surface area (Å²) in [5, 5.41) is 0. The van der Waals surface area contributed by atoms with Crippen LogP contribution in [0, 0.1) is 5.41 Å². The molecule has 0 bridgehead atoms. The Hall–Kier alpha value is -0.730. The highest BCUT2D eigenvalue weighted by atomic mass is 15.3. The Morgan fingerprint density at radius 2 is 2.00 bits per heavy atom. The zero-order valence-corrected chi connectivity index (χ0v) is 10.00. The summed E-state index contributed by atoms with van der Waals surface area (Å²) in [5.74, 6) is 0.741. The lowest BCUT2D eigenvalue weighted by Gasteiger charge is -2.23. The number of hydrogen-bond acceptors (Lipinski definition) is 1. The number of aliphatic imine (C=N–C) groups is 1. The van der Waals surface area contributed by atoms with Gasteiger partial charge in [0.15, 0.2) is 5.96 Å². The van der Waals surface area contributed by atoms with Gasteiger partial charge in [-0.2, -0.15) is 0 Å². The summed E-state index contributed by atoms with van der Waals surface area (Å²) in [6.45, 7) is 3.25. The smallest absolute Gasteiger partial charge is 0.191 e. The first kappa shape index (κ1) is 10.8. The third kappa shape index (κ3) is 2.64. The minimum absolute atomic E-state index is 0.426. The molecule has 0 atom stereocenters. The molecule has 0 aromatic heterocycles. The van der Waals surface area contributed by atoms with E-state index in [1.54, 1.807) is 0 Å². The van der Waals surface area contributed by atoms with Crippen molar-refractivity contribution in [2.24, 2.45) is 16.1 Å². The molecule has 86 valence electrons. The van der Waals surface area contributed by atoms with E-state index in [9.17, 15) is 0 Å². The van der Waals surface area contributed by atoms with Crippen LogP contribution in [0.15, 0.2) is 4.99 Å². The van der Waals surface area contributed by atoms with Gasteiger partial charge in [-0.05, 0) is 31.1 Å². The number of guanidine groups is 1. The fourth-order valence-electron chi connectivity index (χ4n) is 2.42. The summed E-state index contributed by atoms with van der Waals surface area (Å²) < 4.78 is 0. The summed E-state index contributed by atoms with van der Waals surface area (Å²) in [4.78, 5) is 6.70. The van der Waals surface area contributed by atoms with Gasteiger partial charge in [-0.25, -0.2) is 0 Å². The SMILES string of the molecule is CN(C(N)=NCC1(C)CCCC1)C1CC1. The van der Waals surface area contributed by atoms with Crippen molar-refractivity contribution in [2.75, 3.05) is 13.6 Å². The van der Waals surface area contributed by atoms with Crippen LogP contribution < -0.4 is 5.73 Å². The zero-order chi connectivity index (χ0) is 10.9. The molecule has 15 heavy (non-hydrogen) atoms. The highest BCUT2D eigenvalue weighted by Crippen LogP contribution is 2.37. The molecule has 0 aliphatic heterocycles. The Bertz CT molecular complexity index is 250. The monoisotopic (exact) mass is 209 g/mol. The van der Waals surface area contributed by atoms with Gasteiger partial charge in [-0.15, -0.1) is 0 Å². The summed E-state index contributed by atoms with van der Waals surface area (Å²) in [5.41, 5.74) is 6.40. The Balaban J connectivity index is 1.86. The van der Waals surface area contributed by atoms with Crippen LogP contribution in [0.3, 0.4) is 0 Å². The normalized spacial score (nSPS) is 25.6. The molecule has 2 aliphatic rings. The van der Waals surface area contributed by atoms with E-state index in [1.807, 2.05) is 0 Å². The predicted molar refractivity (Wildman–Crippen MR) is 63.8 cm³/mol. The van der Waals surface area contributed by atoms with Crippen molar-refractivity contribution < 1.29 is 0 Å². The van der Waals surface area contributed by atoms with Crippen molar-refractivity contribution in [3.8, 4) is 0 Å². The Labute approximate surface area is 92.7 Å². The summed E-state index contributed by atoms with van der Waals surface area (Å²) >= 11 is 0. The molecule has 0 heterocycles. The number of nitrogens with zero attached hydrogens (tertiary/aromatic N) is 2. The molecular weight excluding hydrogens is 186 g/mol. The van der Waals surface area contributed by atoms with Crippen LogP contribution in [0.5, 0.6) is 0 Å². The lowest BCUT2D eigenvalue weighted by molar-refractivity contribution is 0.348. The fourth-order valence-corrected chi connectivity index (χ4v) is 2.42. The van der Waals surface area contributed by atoms with Gasteiger partial charge in [0.25, 0.3) is 0 Å². The maximum absolute atomic E-state index is 5.97. The van der Waals surface area contributed by atoms with Crippen LogP contribution in [-0.2, 0) is 0 Å². The van der Waals surface area contributed by atoms with Gasteiger partial charge in [0.1, 0.15) is 0 Å². The molecule has 0 aromatic carbocycles. The summed E-state index contributed by atoms with van der Waals surface area (Å²) in [6.07, 6.45) is 7.93. The van der Waals surface area contributed by atoms with Gasteiger partial charge in [0, 0.05) is 19.6 Å². The third-order valence-corrected chi connectivity index (χ3v) is 3.89. The van der Waals surface area contributed by atoms with Crippen molar-refractivity contribution in [1.29, 1.82) is 0 Å². The van der Waals surface area contributed by atoms with Crippen LogP contribution in [0.2, 0.25) is 0 Å². The molecule has 0 aromatic rings. The molecule has 2 N–H and O–H groups in total. The lowest BCUT2D eigenvalue weighted by atomic mass is 9.89. The van der Waals surface area contributed by atoms with Crippen molar-refractivity contribution in [2.45, 2.75) is 51.5 Å². The van der Waals surface area contributed by atoms with Gasteiger partial charge in [0.05, 0.1) is 0 Å². The van der Waals surface area contributed by atoms with Crippen LogP contribution in [0.25, 0.3) is 0 Å². The van der Waals surface area contributed by atoms with Crippen molar-refractivity contribution >= 4 is 5.96 Å². The van der Waals surface area contributed by atoms with Crippen molar-refractivity contribution in [1.82, 2.24) is 4.90 Å². The van der Waals surface area contributed by atoms with Gasteiger partial charge in [-0.1, -0.05) is 19.8 Å². The molecule has 3 nitrogen and oxygen atoms in total. The highest BCUT2D eigenvalue weighted by Gasteiger charge is 2.30. The largest absolute Gasteiger partial charge is 0.370 e. The molecular formula is C12H23N3. The fraction of sp³-hybridized carbons (Fsp3) is 0.917. The van der Waals surface area contributed by atoms with Gasteiger partial charge in [-0.3, -0.25) is 4.99 Å². The summed E-state index contributed by atoms with van der Waals surface area (Å²) in [7, 11) is 2.06. The molecule has 2 aliphatic carbocycles. The van der Waals surface area contributed by atoms with E-state index in [0.717, 1.165) is 12.5 Å². The number of hydrogen-bond donors (Lipinski definition) is 1. The highest BCUT2D eigenvalue weighted by molar-refractivity contribution is 5.78. The molecule has 2 rings (SSSR count). The molecule has 0 amide bonds. The van der Waals surface area contributed by atoms with Crippen LogP contribution in [-0.4, -0.2) is 30.5 Å². The second kappa shape index (κ2) is 4.03. The van der Waals surface area contributed by atoms with Gasteiger partial charge >= 0.3 is 0 Å². The van der Waals surface area contributed by atoms with E-state index in [2.05, 4.69) is 23.9 Å². The molecule has 0 saturated heterocycles. The second-order valence-corrected chi connectivity index (χ2v) is 5.53. The Kier molecular flexibility index (Phi) is 2.89. The third-order valence-electron chi connectivity index (χ3n) is 3.89. The first-order valence-electron chi connectivity index (χ1n) is 6.13. The van der Waals surface area contributed by atoms with E-state index in [0.29, 0.717) is 11.5 Å². The number of rotatable bonds is 3. The predicted octanol–water partition coefficient (Wildman–Crippen LogP) is 1.98. The van der Waals surface area contributed by atoms with Crippen LogP contribution in [0.4, 0.5) is 0 Å². The molecule has 2 saturated carbocycles. The molecule has 2 fully saturated rings. The van der Waals surface area contributed by atoms with Crippen LogP contribution in [0.1, 0.15) is 45.4 Å². The maximum atomic E-state index is 5.97. The average Bonchev–Trinajstić information content (AvgIpc) is 2.98. The molecule has 0 spiro atoms. The van der Waals surface area contributed by atoms with E-state index < -0.39 is 0 Å². The number of nitrogens with two attached hydrogens (primary N) is 1. The first-order chi connectivity index (χ1) is 7.11.